The number of thioether (sulfide) groups is 1. The van der Waals surface area contributed by atoms with Gasteiger partial charge in [0.2, 0.25) is 5.16 Å². The molecule has 0 radical (unpaired) electrons. The van der Waals surface area contributed by atoms with Crippen LogP contribution in [0.5, 0.6) is 0 Å². The highest BCUT2D eigenvalue weighted by Gasteiger charge is 2.29. The molecule has 150 valence electrons. The summed E-state index contributed by atoms with van der Waals surface area (Å²) in [5, 5.41) is 5.90. The van der Waals surface area contributed by atoms with Gasteiger partial charge in [-0.25, -0.2) is 9.37 Å². The summed E-state index contributed by atoms with van der Waals surface area (Å²) < 4.78 is 15.0. The fourth-order valence-corrected chi connectivity index (χ4v) is 4.59. The van der Waals surface area contributed by atoms with Gasteiger partial charge < -0.3 is 0 Å². The number of hydrogen-bond donors (Lipinski definition) is 0. The average Bonchev–Trinajstić information content (AvgIpc) is 3.17. The predicted octanol–water partition coefficient (Wildman–Crippen LogP) is 5.12. The van der Waals surface area contributed by atoms with Crippen molar-refractivity contribution in [2.45, 2.75) is 29.7 Å². The van der Waals surface area contributed by atoms with E-state index < -0.39 is 0 Å². The molecule has 2 aromatic heterocycles. The number of hydrogen-bond acceptors (Lipinski definition) is 5. The smallest absolute Gasteiger partial charge is 0.253 e. The molecule has 0 fully saturated rings. The summed E-state index contributed by atoms with van der Waals surface area (Å²) >= 11 is 7.44. The Morgan fingerprint density at radius 2 is 1.87 bits per heavy atom. The molecule has 0 N–H and O–H groups in total. The molecule has 4 aromatic rings. The highest BCUT2D eigenvalue weighted by Crippen LogP contribution is 2.33. The maximum absolute atomic E-state index is 13.3. The van der Waals surface area contributed by atoms with Crippen LogP contribution in [0.15, 0.2) is 59.9 Å². The van der Waals surface area contributed by atoms with Crippen molar-refractivity contribution in [3.05, 3.63) is 88.0 Å². The number of carbonyl (C=O) groups excluding carboxylic acids is 1. The van der Waals surface area contributed by atoms with E-state index >= 15 is 0 Å². The Bertz CT molecular complexity index is 1240. The lowest BCUT2D eigenvalue weighted by atomic mass is 9.82. The zero-order valence-electron chi connectivity index (χ0n) is 15.8. The normalized spacial score (nSPS) is 16.1. The largest absolute Gasteiger partial charge is 0.294 e. The number of aromatic nitrogens is 4. The molecular weight excluding hydrogens is 423 g/mol. The highest BCUT2D eigenvalue weighted by atomic mass is 35.5. The lowest BCUT2D eigenvalue weighted by Crippen LogP contribution is -2.22. The van der Waals surface area contributed by atoms with Crippen LogP contribution >= 0.6 is 23.4 Å². The minimum atomic E-state index is -0.286. The number of nitrogens with zero attached hydrogens (tertiary/aromatic N) is 4. The maximum atomic E-state index is 13.3. The Labute approximate surface area is 181 Å². The molecule has 0 spiro atoms. The van der Waals surface area contributed by atoms with Gasteiger partial charge in [-0.1, -0.05) is 47.6 Å². The minimum Gasteiger partial charge on any atom is -0.294 e. The van der Waals surface area contributed by atoms with Crippen LogP contribution in [0, 0.1) is 5.82 Å². The summed E-state index contributed by atoms with van der Waals surface area (Å²) in [4.78, 5) is 21.6. The van der Waals surface area contributed by atoms with Gasteiger partial charge in [0, 0.05) is 23.4 Å². The Morgan fingerprint density at radius 1 is 1.10 bits per heavy atom. The van der Waals surface area contributed by atoms with Gasteiger partial charge in [-0.15, -0.1) is 5.10 Å². The second-order valence-corrected chi connectivity index (χ2v) is 8.60. The lowest BCUT2D eigenvalue weighted by molar-refractivity contribution is 0.0962. The van der Waals surface area contributed by atoms with E-state index in [1.165, 1.54) is 23.9 Å². The molecule has 2 aromatic carbocycles. The molecule has 8 heteroatoms. The fourth-order valence-electron chi connectivity index (χ4n) is 3.69. The fraction of sp³-hybridized carbons (Fsp3) is 0.182. The van der Waals surface area contributed by atoms with E-state index in [0.29, 0.717) is 40.1 Å². The summed E-state index contributed by atoms with van der Waals surface area (Å²) in [5.74, 6) is 0.885. The van der Waals surface area contributed by atoms with Crippen molar-refractivity contribution < 1.29 is 9.18 Å². The molecule has 0 aliphatic heterocycles. The zero-order chi connectivity index (χ0) is 20.7. The minimum absolute atomic E-state index is 0.0193. The predicted molar refractivity (Wildman–Crippen MR) is 114 cm³/mol. The van der Waals surface area contributed by atoms with Crippen LogP contribution < -0.4 is 0 Å². The first-order valence-corrected chi connectivity index (χ1v) is 10.8. The first-order chi connectivity index (χ1) is 14.6. The molecule has 30 heavy (non-hydrogen) atoms. The van der Waals surface area contributed by atoms with Gasteiger partial charge in [-0.05, 0) is 47.7 Å². The highest BCUT2D eigenvalue weighted by molar-refractivity contribution is 7.98. The molecule has 1 aliphatic rings. The number of rotatable bonds is 4. The van der Waals surface area contributed by atoms with Crippen LogP contribution in [0.4, 0.5) is 4.39 Å². The summed E-state index contributed by atoms with van der Waals surface area (Å²) in [7, 11) is 0. The molecule has 1 aliphatic carbocycles. The zero-order valence-corrected chi connectivity index (χ0v) is 17.3. The Hall–Kier alpha value is -2.77. The first-order valence-electron chi connectivity index (χ1n) is 9.47. The van der Waals surface area contributed by atoms with E-state index in [-0.39, 0.29) is 17.5 Å². The van der Waals surface area contributed by atoms with Crippen LogP contribution in [0.2, 0.25) is 5.02 Å². The van der Waals surface area contributed by atoms with Gasteiger partial charge >= 0.3 is 0 Å². The van der Waals surface area contributed by atoms with E-state index in [9.17, 15) is 9.18 Å². The molecule has 0 saturated carbocycles. The molecule has 1 unspecified atom stereocenters. The molecule has 0 bridgehead atoms. The van der Waals surface area contributed by atoms with Crippen molar-refractivity contribution in [2.75, 3.05) is 0 Å². The third-order valence-electron chi connectivity index (χ3n) is 5.24. The molecular formula is C22H16ClFN4OS. The van der Waals surface area contributed by atoms with Gasteiger partial charge in [0.25, 0.3) is 5.78 Å². The summed E-state index contributed by atoms with van der Waals surface area (Å²) in [6.45, 7) is 0. The second kappa shape index (κ2) is 7.81. The number of carbonyl (C=O) groups is 1. The number of halogens is 2. The number of Topliss-reactive ketones (excluding diaryl/α,β-unsaturated/α-hetero) is 1. The summed E-state index contributed by atoms with van der Waals surface area (Å²) in [5.41, 5.74) is 3.44. The van der Waals surface area contributed by atoms with Crippen LogP contribution in [0.1, 0.15) is 39.5 Å². The summed E-state index contributed by atoms with van der Waals surface area (Å²) in [6, 6.07) is 14.0. The van der Waals surface area contributed by atoms with Crippen LogP contribution in [-0.4, -0.2) is 25.4 Å². The maximum Gasteiger partial charge on any atom is 0.253 e. The first kappa shape index (κ1) is 19.2. The van der Waals surface area contributed by atoms with Gasteiger partial charge in [0.1, 0.15) is 5.82 Å². The van der Waals surface area contributed by atoms with Gasteiger partial charge in [0.05, 0.1) is 11.3 Å². The second-order valence-electron chi connectivity index (χ2n) is 7.22. The van der Waals surface area contributed by atoms with E-state index in [1.807, 2.05) is 24.3 Å². The quantitative estimate of drug-likeness (QED) is 0.414. The van der Waals surface area contributed by atoms with Gasteiger partial charge in [0.15, 0.2) is 5.78 Å². The lowest BCUT2D eigenvalue weighted by Gasteiger charge is -2.23. The molecule has 5 rings (SSSR count). The number of ketones is 1. The molecule has 1 atom stereocenters. The van der Waals surface area contributed by atoms with Gasteiger partial charge in [-0.2, -0.15) is 9.50 Å². The monoisotopic (exact) mass is 438 g/mol. The topological polar surface area (TPSA) is 60.2 Å². The Kier molecular flexibility index (Phi) is 5.00. The van der Waals surface area contributed by atoms with Crippen molar-refractivity contribution in [3.8, 4) is 0 Å². The Morgan fingerprint density at radius 3 is 2.63 bits per heavy atom. The van der Waals surface area contributed by atoms with Crippen molar-refractivity contribution in [1.82, 2.24) is 19.6 Å². The SMILES string of the molecule is O=C1CC(c2ccc(F)cc2)Cc2c1cnc1nc(SCc3ccc(Cl)cc3)nn21. The molecule has 0 saturated heterocycles. The number of fused-ring (bicyclic) bond motifs is 3. The molecule has 5 nitrogen and oxygen atoms in total. The van der Waals surface area contributed by atoms with E-state index in [4.69, 9.17) is 11.6 Å². The van der Waals surface area contributed by atoms with E-state index in [1.54, 1.807) is 22.8 Å². The molecule has 0 amide bonds. The average molecular weight is 439 g/mol. The van der Waals surface area contributed by atoms with Crippen LogP contribution in [0.3, 0.4) is 0 Å². The van der Waals surface area contributed by atoms with Crippen molar-refractivity contribution in [1.29, 1.82) is 0 Å². The van der Waals surface area contributed by atoms with Crippen LogP contribution in [-0.2, 0) is 12.2 Å². The van der Waals surface area contributed by atoms with E-state index in [2.05, 4.69) is 15.1 Å². The third-order valence-corrected chi connectivity index (χ3v) is 6.40. The summed E-state index contributed by atoms with van der Waals surface area (Å²) in [6.07, 6.45) is 2.59. The third kappa shape index (κ3) is 3.70. The van der Waals surface area contributed by atoms with E-state index in [0.717, 1.165) is 16.8 Å². The number of benzene rings is 2. The van der Waals surface area contributed by atoms with Crippen molar-refractivity contribution >= 4 is 34.9 Å². The van der Waals surface area contributed by atoms with Crippen molar-refractivity contribution in [3.63, 3.8) is 0 Å². The van der Waals surface area contributed by atoms with Crippen LogP contribution in [0.25, 0.3) is 5.78 Å². The molecule has 2 heterocycles. The van der Waals surface area contributed by atoms with Crippen molar-refractivity contribution in [2.24, 2.45) is 0 Å². The van der Waals surface area contributed by atoms with Gasteiger partial charge in [-0.3, -0.25) is 4.79 Å². The standard InChI is InChI=1S/C22H16ClFN4OS/c23-16-5-1-13(2-6-16)12-30-22-26-21-25-11-18-19(28(21)27-22)9-15(10-20(18)29)14-3-7-17(24)8-4-14/h1-8,11,15H,9-10,12H2. The Balaban J connectivity index is 1.44.